The van der Waals surface area contributed by atoms with Crippen LogP contribution in [0.5, 0.6) is 0 Å². The van der Waals surface area contributed by atoms with Crippen LogP contribution in [0.1, 0.15) is 5.01 Å². The van der Waals surface area contributed by atoms with Gasteiger partial charge in [-0.2, -0.15) is 0 Å². The smallest absolute Gasteiger partial charge is 0.101 e. The van der Waals surface area contributed by atoms with Crippen molar-refractivity contribution in [2.24, 2.45) is 0 Å². The van der Waals surface area contributed by atoms with Crippen LogP contribution in [0.3, 0.4) is 0 Å². The zero-order chi connectivity index (χ0) is 8.72. The maximum Gasteiger partial charge on any atom is 0.101 e. The molecule has 0 unspecified atom stereocenters. The molecule has 1 heterocycles. The van der Waals surface area contributed by atoms with Gasteiger partial charge < -0.3 is 0 Å². The average Bonchev–Trinajstić information content (AvgIpc) is 2.39. The number of hydrogen-bond acceptors (Lipinski definition) is 2. The minimum atomic E-state index is 0.775. The van der Waals surface area contributed by atoms with Crippen molar-refractivity contribution in [3.05, 3.63) is 25.7 Å². The summed E-state index contributed by atoms with van der Waals surface area (Å²) in [5, 5.41) is 1.84. The van der Waals surface area contributed by atoms with Crippen LogP contribution in [0.4, 0.5) is 0 Å². The van der Waals surface area contributed by atoms with Crippen molar-refractivity contribution in [3.63, 3.8) is 0 Å². The number of hydrogen-bond donors (Lipinski definition) is 0. The minimum Gasteiger partial charge on any atom is -0.240 e. The third-order valence-electron chi connectivity index (χ3n) is 1.56. The fourth-order valence-electron chi connectivity index (χ4n) is 1.05. The summed E-state index contributed by atoms with van der Waals surface area (Å²) < 4.78 is 2.23. The molecule has 0 aliphatic carbocycles. The van der Waals surface area contributed by atoms with Gasteiger partial charge in [-0.1, -0.05) is 11.6 Å². The van der Waals surface area contributed by atoms with E-state index in [1.807, 2.05) is 13.0 Å². The van der Waals surface area contributed by atoms with E-state index in [0.29, 0.717) is 0 Å². The van der Waals surface area contributed by atoms with Gasteiger partial charge in [-0.3, -0.25) is 0 Å². The van der Waals surface area contributed by atoms with E-state index in [1.165, 1.54) is 0 Å². The Morgan fingerprint density at radius 1 is 1.50 bits per heavy atom. The van der Waals surface area contributed by atoms with E-state index in [1.54, 1.807) is 11.3 Å². The third kappa shape index (κ3) is 1.34. The predicted molar refractivity (Wildman–Crippen MR) is 62.1 cm³/mol. The molecule has 0 radical (unpaired) electrons. The predicted octanol–water partition coefficient (Wildman–Crippen LogP) is 3.86. The van der Waals surface area contributed by atoms with Gasteiger partial charge in [0, 0.05) is 3.57 Å². The van der Waals surface area contributed by atoms with E-state index in [9.17, 15) is 0 Å². The Labute approximate surface area is 92.9 Å². The molecule has 0 saturated heterocycles. The lowest BCUT2D eigenvalue weighted by molar-refractivity contribution is 1.34. The van der Waals surface area contributed by atoms with Gasteiger partial charge in [-0.25, -0.2) is 4.98 Å². The SMILES string of the molecule is Cc1nc2c(Cl)c(I)ccc2s1. The highest BCUT2D eigenvalue weighted by Gasteiger charge is 2.06. The van der Waals surface area contributed by atoms with Gasteiger partial charge in [0.1, 0.15) is 5.52 Å². The molecule has 12 heavy (non-hydrogen) atoms. The molecule has 0 aliphatic rings. The second kappa shape index (κ2) is 3.12. The molecule has 2 rings (SSSR count). The van der Waals surface area contributed by atoms with Crippen molar-refractivity contribution < 1.29 is 0 Å². The van der Waals surface area contributed by atoms with Gasteiger partial charge in [0.05, 0.1) is 14.7 Å². The summed E-state index contributed by atoms with van der Waals surface area (Å²) >= 11 is 9.97. The van der Waals surface area contributed by atoms with Crippen molar-refractivity contribution in [1.82, 2.24) is 4.98 Å². The highest BCUT2D eigenvalue weighted by molar-refractivity contribution is 14.1. The van der Waals surface area contributed by atoms with E-state index in [2.05, 4.69) is 33.6 Å². The summed E-state index contributed by atoms with van der Waals surface area (Å²) in [6.45, 7) is 1.99. The van der Waals surface area contributed by atoms with E-state index >= 15 is 0 Å². The lowest BCUT2D eigenvalue weighted by Crippen LogP contribution is -1.75. The molecule has 0 aliphatic heterocycles. The second-order valence-electron chi connectivity index (χ2n) is 2.44. The maximum absolute atomic E-state index is 6.08. The van der Waals surface area contributed by atoms with Crippen LogP contribution in [-0.4, -0.2) is 4.98 Å². The molecule has 1 aromatic carbocycles. The normalized spacial score (nSPS) is 10.9. The fraction of sp³-hybridized carbons (Fsp3) is 0.125. The third-order valence-corrected chi connectivity index (χ3v) is 4.10. The molecule has 0 saturated carbocycles. The summed E-state index contributed by atoms with van der Waals surface area (Å²) in [7, 11) is 0. The quantitative estimate of drug-likeness (QED) is 0.673. The molecule has 4 heteroatoms. The van der Waals surface area contributed by atoms with Crippen molar-refractivity contribution in [1.29, 1.82) is 0 Å². The Hall–Kier alpha value is 0.130. The summed E-state index contributed by atoms with van der Waals surface area (Å²) in [5.74, 6) is 0. The Bertz CT molecular complexity index is 438. The Balaban J connectivity index is 2.89. The van der Waals surface area contributed by atoms with E-state index in [0.717, 1.165) is 23.8 Å². The molecule has 0 amide bonds. The van der Waals surface area contributed by atoms with Crippen LogP contribution in [-0.2, 0) is 0 Å². The van der Waals surface area contributed by atoms with Gasteiger partial charge in [-0.05, 0) is 41.6 Å². The highest BCUT2D eigenvalue weighted by atomic mass is 127. The zero-order valence-corrected chi connectivity index (χ0v) is 10.00. The van der Waals surface area contributed by atoms with Crippen molar-refractivity contribution in [2.45, 2.75) is 6.92 Å². The van der Waals surface area contributed by atoms with Gasteiger partial charge in [-0.15, -0.1) is 11.3 Å². The number of rotatable bonds is 0. The van der Waals surface area contributed by atoms with Crippen LogP contribution in [0.25, 0.3) is 10.2 Å². The van der Waals surface area contributed by atoms with Gasteiger partial charge in [0.25, 0.3) is 0 Å². The highest BCUT2D eigenvalue weighted by Crippen LogP contribution is 2.31. The Morgan fingerprint density at radius 2 is 2.25 bits per heavy atom. The number of fused-ring (bicyclic) bond motifs is 1. The molecule has 1 nitrogen and oxygen atoms in total. The summed E-state index contributed by atoms with van der Waals surface area (Å²) in [6, 6.07) is 4.08. The van der Waals surface area contributed by atoms with Gasteiger partial charge in [0.2, 0.25) is 0 Å². The molecular weight excluding hydrogens is 305 g/mol. The molecule has 0 bridgehead atoms. The number of halogens is 2. The number of nitrogens with zero attached hydrogens (tertiary/aromatic N) is 1. The molecule has 1 aromatic heterocycles. The van der Waals surface area contributed by atoms with Gasteiger partial charge >= 0.3 is 0 Å². The first kappa shape index (κ1) is 8.72. The number of benzene rings is 1. The van der Waals surface area contributed by atoms with E-state index < -0.39 is 0 Å². The lowest BCUT2D eigenvalue weighted by atomic mass is 10.3. The molecule has 0 fully saturated rings. The maximum atomic E-state index is 6.08. The standard InChI is InChI=1S/C8H5ClINS/c1-4-11-8-6(12-4)3-2-5(10)7(8)9/h2-3H,1H3. The fourth-order valence-corrected chi connectivity index (χ4v) is 2.58. The second-order valence-corrected chi connectivity index (χ2v) is 5.22. The first-order valence-corrected chi connectivity index (χ1v) is 5.67. The molecule has 0 atom stereocenters. The van der Waals surface area contributed by atoms with Crippen molar-refractivity contribution in [3.8, 4) is 0 Å². The van der Waals surface area contributed by atoms with Crippen LogP contribution in [0.15, 0.2) is 12.1 Å². The molecule has 0 spiro atoms. The topological polar surface area (TPSA) is 12.9 Å². The van der Waals surface area contributed by atoms with Crippen molar-refractivity contribution >= 4 is 55.7 Å². The largest absolute Gasteiger partial charge is 0.240 e. The summed E-state index contributed by atoms with van der Waals surface area (Å²) in [6.07, 6.45) is 0. The Kier molecular flexibility index (Phi) is 2.27. The summed E-state index contributed by atoms with van der Waals surface area (Å²) in [4.78, 5) is 4.36. The van der Waals surface area contributed by atoms with E-state index in [-0.39, 0.29) is 0 Å². The number of aromatic nitrogens is 1. The van der Waals surface area contributed by atoms with Crippen molar-refractivity contribution in [2.75, 3.05) is 0 Å². The van der Waals surface area contributed by atoms with E-state index in [4.69, 9.17) is 11.6 Å². The number of thiazole rings is 1. The monoisotopic (exact) mass is 309 g/mol. The summed E-state index contributed by atoms with van der Waals surface area (Å²) in [5.41, 5.74) is 0.936. The first-order valence-electron chi connectivity index (χ1n) is 3.39. The van der Waals surface area contributed by atoms with Crippen LogP contribution < -0.4 is 0 Å². The molecule has 0 N–H and O–H groups in total. The Morgan fingerprint density at radius 3 is 3.00 bits per heavy atom. The van der Waals surface area contributed by atoms with Crippen LogP contribution in [0, 0.1) is 10.5 Å². The molecule has 62 valence electrons. The van der Waals surface area contributed by atoms with Crippen LogP contribution >= 0.6 is 45.5 Å². The average molecular weight is 310 g/mol. The molecular formula is C8H5ClINS. The first-order chi connectivity index (χ1) is 5.68. The minimum absolute atomic E-state index is 0.775. The zero-order valence-electron chi connectivity index (χ0n) is 6.27. The van der Waals surface area contributed by atoms with Gasteiger partial charge in [0.15, 0.2) is 0 Å². The van der Waals surface area contributed by atoms with Crippen LogP contribution in [0.2, 0.25) is 5.02 Å². The number of aryl methyl sites for hydroxylation is 1. The lowest BCUT2D eigenvalue weighted by Gasteiger charge is -1.94. The molecule has 2 aromatic rings.